The Morgan fingerprint density at radius 2 is 1.78 bits per heavy atom. The van der Waals surface area contributed by atoms with Gasteiger partial charge in [-0.1, -0.05) is 6.07 Å². The first kappa shape index (κ1) is 21.0. The molecule has 1 unspecified atom stereocenters. The molecule has 168 valence electrons. The van der Waals surface area contributed by atoms with Gasteiger partial charge in [0.1, 0.15) is 0 Å². The van der Waals surface area contributed by atoms with E-state index in [0.29, 0.717) is 10.7 Å². The number of pyridine rings is 1. The Labute approximate surface area is 188 Å². The molecule has 8 nitrogen and oxygen atoms in total. The predicted molar refractivity (Wildman–Crippen MR) is 122 cm³/mol. The molecular weight excluding hydrogens is 426 g/mol. The first-order valence-electron chi connectivity index (χ1n) is 10.9. The van der Waals surface area contributed by atoms with Gasteiger partial charge in [-0.05, 0) is 55.7 Å². The van der Waals surface area contributed by atoms with E-state index in [-0.39, 0.29) is 11.9 Å². The lowest BCUT2D eigenvalue weighted by molar-refractivity contribution is 0.165. The Balaban J connectivity index is 1.33. The van der Waals surface area contributed by atoms with Crippen molar-refractivity contribution in [1.29, 1.82) is 0 Å². The zero-order valence-corrected chi connectivity index (χ0v) is 18.9. The molecule has 1 atom stereocenters. The molecule has 1 aliphatic heterocycles. The number of anilines is 1. The molecule has 1 aliphatic carbocycles. The molecule has 0 bridgehead atoms. The van der Waals surface area contributed by atoms with Crippen LogP contribution >= 0.6 is 0 Å². The molecule has 0 saturated carbocycles. The molecule has 2 aliphatic rings. The van der Waals surface area contributed by atoms with Crippen LogP contribution < -0.4 is 4.90 Å². The van der Waals surface area contributed by atoms with Gasteiger partial charge < -0.3 is 10.0 Å². The molecule has 0 radical (unpaired) electrons. The second-order valence-electron chi connectivity index (χ2n) is 8.48. The smallest absolute Gasteiger partial charge is 0.220 e. The van der Waals surface area contributed by atoms with E-state index in [0.717, 1.165) is 62.4 Å². The van der Waals surface area contributed by atoms with Crippen LogP contribution in [-0.2, 0) is 16.3 Å². The lowest BCUT2D eigenvalue weighted by Gasteiger charge is -2.41. The average Bonchev–Trinajstić information content (AvgIpc) is 3.16. The number of hydrogen-bond acceptors (Lipinski definition) is 7. The maximum absolute atomic E-state index is 11.7. The van der Waals surface area contributed by atoms with Gasteiger partial charge >= 0.3 is 0 Å². The normalized spacial score (nSPS) is 19.7. The number of piperazine rings is 1. The van der Waals surface area contributed by atoms with Crippen molar-refractivity contribution >= 4 is 15.5 Å². The number of sulfone groups is 1. The van der Waals surface area contributed by atoms with Gasteiger partial charge in [-0.2, -0.15) is 9.78 Å². The van der Waals surface area contributed by atoms with Gasteiger partial charge in [-0.25, -0.2) is 13.4 Å². The molecule has 32 heavy (non-hydrogen) atoms. The highest BCUT2D eigenvalue weighted by Crippen LogP contribution is 2.40. The quantitative estimate of drug-likeness (QED) is 0.649. The van der Waals surface area contributed by atoms with Gasteiger partial charge in [-0.15, -0.1) is 0 Å². The van der Waals surface area contributed by atoms with E-state index in [2.05, 4.69) is 19.9 Å². The van der Waals surface area contributed by atoms with Gasteiger partial charge in [0.2, 0.25) is 5.88 Å². The number of aryl methyl sites for hydroxylation is 1. The van der Waals surface area contributed by atoms with Gasteiger partial charge in [0.25, 0.3) is 0 Å². The van der Waals surface area contributed by atoms with Crippen molar-refractivity contribution in [1.82, 2.24) is 19.7 Å². The minimum atomic E-state index is -3.19. The zero-order valence-electron chi connectivity index (χ0n) is 18.1. The summed E-state index contributed by atoms with van der Waals surface area (Å²) in [5.41, 5.74) is 2.93. The molecular formula is C23H27N5O3S. The summed E-state index contributed by atoms with van der Waals surface area (Å²) >= 11 is 0. The first-order valence-corrected chi connectivity index (χ1v) is 12.8. The Bertz CT molecular complexity index is 1200. The van der Waals surface area contributed by atoms with Crippen molar-refractivity contribution in [2.24, 2.45) is 0 Å². The summed E-state index contributed by atoms with van der Waals surface area (Å²) in [6.45, 7) is 3.43. The fraction of sp³-hybridized carbons (Fsp3) is 0.391. The van der Waals surface area contributed by atoms with E-state index in [9.17, 15) is 13.5 Å². The maximum Gasteiger partial charge on any atom is 0.220 e. The maximum atomic E-state index is 11.7. The van der Waals surface area contributed by atoms with Crippen LogP contribution in [0.2, 0.25) is 0 Å². The van der Waals surface area contributed by atoms with E-state index in [1.54, 1.807) is 23.0 Å². The standard InChI is InChI=1S/C23H27N5O3S/c1-32(30,31)18-10-8-17(9-11-18)26-13-15-27(16-14-26)20-6-4-5-19-22(20)23(29)28(25-19)21-7-2-3-12-24-21/h2-3,7-12,20,29H,4-6,13-16H2,1H3. The van der Waals surface area contributed by atoms with Crippen molar-refractivity contribution in [3.63, 3.8) is 0 Å². The molecule has 5 rings (SSSR count). The summed E-state index contributed by atoms with van der Waals surface area (Å²) in [6, 6.07) is 12.8. The predicted octanol–water partition coefficient (Wildman–Crippen LogP) is 2.58. The van der Waals surface area contributed by atoms with Crippen LogP contribution in [0.4, 0.5) is 5.69 Å². The molecule has 3 heterocycles. The summed E-state index contributed by atoms with van der Waals surface area (Å²) in [6.07, 6.45) is 5.84. The third kappa shape index (κ3) is 3.86. The Hall–Kier alpha value is -2.91. The van der Waals surface area contributed by atoms with Crippen LogP contribution in [0.5, 0.6) is 5.88 Å². The van der Waals surface area contributed by atoms with E-state index < -0.39 is 9.84 Å². The molecule has 0 amide bonds. The van der Waals surface area contributed by atoms with E-state index in [4.69, 9.17) is 0 Å². The lowest BCUT2D eigenvalue weighted by atomic mass is 9.91. The summed E-state index contributed by atoms with van der Waals surface area (Å²) in [4.78, 5) is 9.40. The second-order valence-corrected chi connectivity index (χ2v) is 10.5. The number of aromatic hydroxyl groups is 1. The minimum absolute atomic E-state index is 0.144. The van der Waals surface area contributed by atoms with Gasteiger partial charge in [0.05, 0.1) is 16.2 Å². The van der Waals surface area contributed by atoms with E-state index in [1.165, 1.54) is 6.26 Å². The molecule has 1 saturated heterocycles. The van der Waals surface area contributed by atoms with Crippen LogP contribution in [0.25, 0.3) is 5.82 Å². The largest absolute Gasteiger partial charge is 0.493 e. The fourth-order valence-electron chi connectivity index (χ4n) is 4.80. The van der Waals surface area contributed by atoms with Gasteiger partial charge in [-0.3, -0.25) is 4.90 Å². The summed E-state index contributed by atoms with van der Waals surface area (Å²) < 4.78 is 25.0. The third-order valence-corrected chi connectivity index (χ3v) is 7.58. The first-order chi connectivity index (χ1) is 15.4. The number of hydrogen-bond donors (Lipinski definition) is 1. The van der Waals surface area contributed by atoms with Crippen LogP contribution in [0.1, 0.15) is 30.1 Å². The van der Waals surface area contributed by atoms with Crippen molar-refractivity contribution in [2.75, 3.05) is 37.3 Å². The number of fused-ring (bicyclic) bond motifs is 1. The molecule has 2 aromatic heterocycles. The molecule has 9 heteroatoms. The molecule has 1 aromatic carbocycles. The Kier molecular flexibility index (Phi) is 5.38. The zero-order chi connectivity index (χ0) is 22.3. The number of rotatable bonds is 4. The van der Waals surface area contributed by atoms with E-state index >= 15 is 0 Å². The van der Waals surface area contributed by atoms with Crippen LogP contribution in [0.15, 0.2) is 53.6 Å². The summed E-state index contributed by atoms with van der Waals surface area (Å²) in [5.74, 6) is 0.822. The molecule has 3 aromatic rings. The highest BCUT2D eigenvalue weighted by Gasteiger charge is 2.34. The Morgan fingerprint density at radius 1 is 1.03 bits per heavy atom. The average molecular weight is 454 g/mol. The minimum Gasteiger partial charge on any atom is -0.493 e. The Morgan fingerprint density at radius 3 is 2.44 bits per heavy atom. The molecule has 1 fully saturated rings. The summed E-state index contributed by atoms with van der Waals surface area (Å²) in [5, 5.41) is 15.7. The monoisotopic (exact) mass is 453 g/mol. The number of nitrogens with zero attached hydrogens (tertiary/aromatic N) is 5. The lowest BCUT2D eigenvalue weighted by Crippen LogP contribution is -2.48. The molecule has 1 N–H and O–H groups in total. The number of aromatic nitrogens is 3. The van der Waals surface area contributed by atoms with Crippen molar-refractivity contribution in [3.8, 4) is 11.7 Å². The van der Waals surface area contributed by atoms with Crippen molar-refractivity contribution in [2.45, 2.75) is 30.2 Å². The van der Waals surface area contributed by atoms with Crippen LogP contribution in [-0.4, -0.2) is 65.6 Å². The topological polar surface area (TPSA) is 91.6 Å². The van der Waals surface area contributed by atoms with Crippen molar-refractivity contribution < 1.29 is 13.5 Å². The SMILES string of the molecule is CS(=O)(=O)c1ccc(N2CCN(C3CCCc4nn(-c5ccccn5)c(O)c43)CC2)cc1. The van der Waals surface area contributed by atoms with Crippen LogP contribution in [0, 0.1) is 0 Å². The van der Waals surface area contributed by atoms with Gasteiger partial charge in [0, 0.05) is 50.4 Å². The second kappa shape index (κ2) is 8.22. The highest BCUT2D eigenvalue weighted by molar-refractivity contribution is 7.90. The number of benzene rings is 1. The third-order valence-electron chi connectivity index (χ3n) is 6.45. The van der Waals surface area contributed by atoms with E-state index in [1.807, 2.05) is 30.3 Å². The van der Waals surface area contributed by atoms with Crippen molar-refractivity contribution in [3.05, 3.63) is 59.9 Å². The van der Waals surface area contributed by atoms with Gasteiger partial charge in [0.15, 0.2) is 15.7 Å². The van der Waals surface area contributed by atoms with Crippen LogP contribution in [0.3, 0.4) is 0 Å². The highest BCUT2D eigenvalue weighted by atomic mass is 32.2. The summed E-state index contributed by atoms with van der Waals surface area (Å²) in [7, 11) is -3.19. The fourth-order valence-corrected chi connectivity index (χ4v) is 5.43. The molecule has 0 spiro atoms.